The molecule has 1 aliphatic heterocycles. The maximum absolute atomic E-state index is 11.2. The van der Waals surface area contributed by atoms with Crippen LogP contribution in [0, 0.1) is 5.92 Å². The highest BCUT2D eigenvalue weighted by Crippen LogP contribution is 2.34. The Labute approximate surface area is 210 Å². The van der Waals surface area contributed by atoms with Crippen LogP contribution in [0.4, 0.5) is 0 Å². The average molecular weight is 481 g/mol. The summed E-state index contributed by atoms with van der Waals surface area (Å²) in [5, 5.41) is 13.6. The number of ether oxygens (including phenoxy) is 1. The molecule has 2 aliphatic rings. The Morgan fingerprint density at radius 1 is 1.26 bits per heavy atom. The quantitative estimate of drug-likeness (QED) is 0.367. The lowest BCUT2D eigenvalue weighted by atomic mass is 9.88. The summed E-state index contributed by atoms with van der Waals surface area (Å²) in [7, 11) is 2.13. The number of carboxylic acids is 1. The smallest absolute Gasteiger partial charge is 0.335 e. The molecule has 3 rings (SSSR count). The second kappa shape index (κ2) is 12.7. The number of oxime groups is 1. The number of carboxylic acid groups (broad SMARTS) is 1. The van der Waals surface area contributed by atoms with Crippen molar-refractivity contribution in [2.75, 3.05) is 20.2 Å². The van der Waals surface area contributed by atoms with Crippen LogP contribution in [0.5, 0.6) is 5.75 Å². The highest BCUT2D eigenvalue weighted by Gasteiger charge is 2.38. The van der Waals surface area contributed by atoms with Gasteiger partial charge in [0.2, 0.25) is 0 Å². The normalized spacial score (nSPS) is 20.5. The number of hydrogen-bond donors (Lipinski definition) is 1. The molecule has 35 heavy (non-hydrogen) atoms. The predicted molar refractivity (Wildman–Crippen MR) is 141 cm³/mol. The van der Waals surface area contributed by atoms with E-state index in [1.54, 1.807) is 12.2 Å². The molecule has 1 N–H and O–H groups in total. The Hall–Kier alpha value is -2.86. The van der Waals surface area contributed by atoms with Crippen LogP contribution >= 0.6 is 0 Å². The SMILES string of the molecule is CCC(C)CCOc1ccc(CN(C)CCC2(CC)CC(C3=CC=C(C(=O)O)C=CC3)=NO2)cc1. The molecule has 0 amide bonds. The van der Waals surface area contributed by atoms with Crippen molar-refractivity contribution in [1.29, 1.82) is 0 Å². The van der Waals surface area contributed by atoms with Crippen molar-refractivity contribution in [3.8, 4) is 5.75 Å². The fourth-order valence-corrected chi connectivity index (χ4v) is 4.24. The van der Waals surface area contributed by atoms with Gasteiger partial charge in [0.15, 0.2) is 0 Å². The molecule has 190 valence electrons. The summed E-state index contributed by atoms with van der Waals surface area (Å²) in [6.45, 7) is 9.13. The highest BCUT2D eigenvalue weighted by molar-refractivity contribution is 6.02. The summed E-state index contributed by atoms with van der Waals surface area (Å²) in [4.78, 5) is 19.5. The Bertz CT molecular complexity index is 977. The van der Waals surface area contributed by atoms with Gasteiger partial charge in [0.25, 0.3) is 0 Å². The minimum Gasteiger partial charge on any atom is -0.494 e. The zero-order valence-corrected chi connectivity index (χ0v) is 21.6. The van der Waals surface area contributed by atoms with Gasteiger partial charge in [0.1, 0.15) is 11.4 Å². The second-order valence-corrected chi connectivity index (χ2v) is 9.85. The van der Waals surface area contributed by atoms with Gasteiger partial charge in [-0.05, 0) is 61.6 Å². The van der Waals surface area contributed by atoms with Gasteiger partial charge >= 0.3 is 5.97 Å². The maximum atomic E-state index is 11.2. The predicted octanol–water partition coefficient (Wildman–Crippen LogP) is 6.15. The molecule has 0 aromatic heterocycles. The van der Waals surface area contributed by atoms with Gasteiger partial charge in [-0.3, -0.25) is 0 Å². The van der Waals surface area contributed by atoms with E-state index in [2.05, 4.69) is 62.1 Å². The minimum absolute atomic E-state index is 0.286. The number of benzene rings is 1. The van der Waals surface area contributed by atoms with Crippen molar-refractivity contribution < 1.29 is 19.5 Å². The standard InChI is InChI=1S/C29H40N2O4/c1-5-22(3)16-19-34-26-14-10-23(11-15-26)21-31(4)18-17-29(6-2)20-27(30-35-29)24-8-7-9-25(13-12-24)28(32)33/h7,9-15,22H,5-6,8,16-21H2,1-4H3,(H,32,33). The summed E-state index contributed by atoms with van der Waals surface area (Å²) < 4.78 is 5.88. The third-order valence-electron chi connectivity index (χ3n) is 7.10. The van der Waals surface area contributed by atoms with Crippen LogP contribution in [0.3, 0.4) is 0 Å². The Balaban J connectivity index is 1.48. The zero-order chi connectivity index (χ0) is 25.3. The first-order valence-electron chi connectivity index (χ1n) is 12.8. The molecule has 0 bridgehead atoms. The molecular formula is C29H40N2O4. The van der Waals surface area contributed by atoms with E-state index in [0.717, 1.165) is 62.4 Å². The number of allylic oxidation sites excluding steroid dienone is 4. The van der Waals surface area contributed by atoms with Crippen LogP contribution in [-0.4, -0.2) is 47.5 Å². The number of rotatable bonds is 13. The molecule has 6 nitrogen and oxygen atoms in total. The van der Waals surface area contributed by atoms with Crippen molar-refractivity contribution in [1.82, 2.24) is 4.90 Å². The summed E-state index contributed by atoms with van der Waals surface area (Å²) >= 11 is 0. The number of aliphatic carboxylic acids is 1. The Morgan fingerprint density at radius 2 is 2.03 bits per heavy atom. The molecule has 0 fully saturated rings. The van der Waals surface area contributed by atoms with Crippen LogP contribution in [-0.2, 0) is 16.2 Å². The van der Waals surface area contributed by atoms with Crippen LogP contribution in [0.15, 0.2) is 64.9 Å². The third-order valence-corrected chi connectivity index (χ3v) is 7.10. The molecule has 0 saturated heterocycles. The summed E-state index contributed by atoms with van der Waals surface area (Å²) in [5.41, 5.74) is 3.17. The van der Waals surface area contributed by atoms with Crippen molar-refractivity contribution in [3.05, 3.63) is 65.3 Å². The summed E-state index contributed by atoms with van der Waals surface area (Å²) in [5.74, 6) is 0.710. The molecular weight excluding hydrogens is 440 g/mol. The van der Waals surface area contributed by atoms with E-state index in [9.17, 15) is 9.90 Å². The molecule has 2 atom stereocenters. The van der Waals surface area contributed by atoms with Crippen molar-refractivity contribution in [2.24, 2.45) is 11.1 Å². The van der Waals surface area contributed by atoms with Gasteiger partial charge in [-0.15, -0.1) is 0 Å². The van der Waals surface area contributed by atoms with E-state index in [1.807, 2.05) is 12.2 Å². The first-order chi connectivity index (χ1) is 16.8. The summed E-state index contributed by atoms with van der Waals surface area (Å²) in [6, 6.07) is 8.41. The van der Waals surface area contributed by atoms with Gasteiger partial charge in [-0.2, -0.15) is 0 Å². The van der Waals surface area contributed by atoms with E-state index in [1.165, 1.54) is 12.0 Å². The second-order valence-electron chi connectivity index (χ2n) is 9.85. The van der Waals surface area contributed by atoms with Gasteiger partial charge in [0.05, 0.1) is 17.9 Å². The van der Waals surface area contributed by atoms with Crippen LogP contribution < -0.4 is 4.74 Å². The number of nitrogens with zero attached hydrogens (tertiary/aromatic N) is 2. The topological polar surface area (TPSA) is 71.4 Å². The fourth-order valence-electron chi connectivity index (χ4n) is 4.24. The lowest BCUT2D eigenvalue weighted by molar-refractivity contribution is -0.132. The molecule has 6 heteroatoms. The molecule has 0 saturated carbocycles. The first-order valence-corrected chi connectivity index (χ1v) is 12.8. The minimum atomic E-state index is -0.918. The van der Waals surface area contributed by atoms with E-state index >= 15 is 0 Å². The molecule has 0 spiro atoms. The largest absolute Gasteiger partial charge is 0.494 e. The monoisotopic (exact) mass is 480 g/mol. The van der Waals surface area contributed by atoms with E-state index < -0.39 is 5.97 Å². The van der Waals surface area contributed by atoms with Crippen molar-refractivity contribution in [3.63, 3.8) is 0 Å². The van der Waals surface area contributed by atoms with E-state index in [-0.39, 0.29) is 11.2 Å². The van der Waals surface area contributed by atoms with Gasteiger partial charge in [-0.25, -0.2) is 4.79 Å². The van der Waals surface area contributed by atoms with Crippen LogP contribution in [0.2, 0.25) is 0 Å². The zero-order valence-electron chi connectivity index (χ0n) is 21.6. The van der Waals surface area contributed by atoms with E-state index in [0.29, 0.717) is 12.3 Å². The Morgan fingerprint density at radius 3 is 2.71 bits per heavy atom. The molecule has 1 aliphatic carbocycles. The summed E-state index contributed by atoms with van der Waals surface area (Å²) in [6.07, 6.45) is 12.5. The maximum Gasteiger partial charge on any atom is 0.335 e. The lowest BCUT2D eigenvalue weighted by Gasteiger charge is -2.28. The molecule has 0 radical (unpaired) electrons. The van der Waals surface area contributed by atoms with E-state index in [4.69, 9.17) is 9.57 Å². The number of carbonyl (C=O) groups is 1. The first kappa shape index (κ1) is 26.7. The van der Waals surface area contributed by atoms with Gasteiger partial charge in [0, 0.05) is 25.9 Å². The Kier molecular flexibility index (Phi) is 9.73. The van der Waals surface area contributed by atoms with Gasteiger partial charge in [-0.1, -0.05) is 62.7 Å². The van der Waals surface area contributed by atoms with Crippen molar-refractivity contribution in [2.45, 2.75) is 71.4 Å². The highest BCUT2D eigenvalue weighted by atomic mass is 16.7. The third kappa shape index (κ3) is 7.82. The average Bonchev–Trinajstić information content (AvgIpc) is 3.13. The van der Waals surface area contributed by atoms with Crippen molar-refractivity contribution >= 4 is 11.7 Å². The molecule has 2 unspecified atom stereocenters. The fraction of sp³-hybridized carbons (Fsp3) is 0.517. The number of hydrogen-bond acceptors (Lipinski definition) is 5. The van der Waals surface area contributed by atoms with Gasteiger partial charge < -0.3 is 19.6 Å². The van der Waals surface area contributed by atoms with Crippen LogP contribution in [0.25, 0.3) is 0 Å². The molecule has 1 aromatic carbocycles. The molecule has 1 aromatic rings. The molecule has 1 heterocycles. The van der Waals surface area contributed by atoms with Crippen LogP contribution in [0.1, 0.15) is 64.9 Å². The lowest BCUT2D eigenvalue weighted by Crippen LogP contribution is -2.33.